The summed E-state index contributed by atoms with van der Waals surface area (Å²) < 4.78 is 0. The molecule has 0 atom stereocenters. The molecule has 3 aromatic carbocycles. The van der Waals surface area contributed by atoms with Crippen molar-refractivity contribution in [2.75, 3.05) is 6.54 Å². The van der Waals surface area contributed by atoms with Gasteiger partial charge in [0.05, 0.1) is 6.04 Å². The molecule has 37 heavy (non-hydrogen) atoms. The summed E-state index contributed by atoms with van der Waals surface area (Å²) in [7, 11) is 0. The van der Waals surface area contributed by atoms with Gasteiger partial charge in [-0.2, -0.15) is 4.98 Å². The molecule has 0 bridgehead atoms. The average molecular weight is 497 g/mol. The number of nitrogens with zero attached hydrogens (tertiary/aromatic N) is 3. The van der Waals surface area contributed by atoms with Crippen LogP contribution in [-0.4, -0.2) is 49.4 Å². The fourth-order valence-electron chi connectivity index (χ4n) is 3.80. The lowest BCUT2D eigenvalue weighted by Crippen LogP contribution is -2.36. The molecule has 0 radical (unpaired) electrons. The molecule has 186 valence electrons. The molecule has 0 saturated heterocycles. The highest BCUT2D eigenvalue weighted by Gasteiger charge is 2.25. The van der Waals surface area contributed by atoms with E-state index in [1.54, 1.807) is 30.3 Å². The fourth-order valence-corrected chi connectivity index (χ4v) is 3.80. The number of carboxylic acids is 1. The molecule has 4 rings (SSSR count). The molecule has 1 aromatic heterocycles. The number of carboxylic acid groups (broad SMARTS) is 1. The average Bonchev–Trinajstić information content (AvgIpc) is 2.92. The van der Waals surface area contributed by atoms with E-state index >= 15 is 0 Å². The maximum absolute atomic E-state index is 13.1. The van der Waals surface area contributed by atoms with E-state index in [9.17, 15) is 24.6 Å². The number of carbonyl (C=O) groups excluding carboxylic acids is 2. The minimum atomic E-state index is -1.21. The zero-order chi connectivity index (χ0) is 26.2. The second-order valence-electron chi connectivity index (χ2n) is 8.20. The van der Waals surface area contributed by atoms with Crippen LogP contribution >= 0.6 is 0 Å². The van der Waals surface area contributed by atoms with E-state index in [0.717, 1.165) is 22.2 Å². The number of aromatic nitrogens is 2. The van der Waals surface area contributed by atoms with Gasteiger partial charge in [-0.3, -0.25) is 14.4 Å². The maximum atomic E-state index is 13.1. The third-order valence-electron chi connectivity index (χ3n) is 5.58. The van der Waals surface area contributed by atoms with E-state index < -0.39 is 42.1 Å². The van der Waals surface area contributed by atoms with Crippen LogP contribution in [0.5, 0.6) is 5.88 Å². The van der Waals surface area contributed by atoms with Crippen molar-refractivity contribution in [3.8, 4) is 5.88 Å². The first kappa shape index (κ1) is 25.1. The van der Waals surface area contributed by atoms with Gasteiger partial charge >= 0.3 is 5.97 Å². The Labute approximate surface area is 213 Å². The summed E-state index contributed by atoms with van der Waals surface area (Å²) in [5.74, 6) is -3.75. The molecule has 9 nitrogen and oxygen atoms in total. The van der Waals surface area contributed by atoms with Crippen LogP contribution in [-0.2, 0) is 11.3 Å². The number of amides is 2. The Hall–Kier alpha value is -5.05. The molecule has 9 heteroatoms. The summed E-state index contributed by atoms with van der Waals surface area (Å²) in [4.78, 5) is 46.3. The third-order valence-corrected chi connectivity index (χ3v) is 5.58. The van der Waals surface area contributed by atoms with Gasteiger partial charge in [0, 0.05) is 12.7 Å². The van der Waals surface area contributed by atoms with Crippen LogP contribution in [0.1, 0.15) is 43.7 Å². The first-order chi connectivity index (χ1) is 17.9. The Morgan fingerprint density at radius 1 is 0.838 bits per heavy atom. The van der Waals surface area contributed by atoms with E-state index in [-0.39, 0.29) is 12.1 Å². The molecular weight excluding hydrogens is 472 g/mol. The molecule has 0 fully saturated rings. The van der Waals surface area contributed by atoms with Crippen LogP contribution in [0.25, 0.3) is 0 Å². The number of carbonyl (C=O) groups is 3. The molecule has 1 heterocycles. The molecule has 4 aromatic rings. The maximum Gasteiger partial charge on any atom is 0.323 e. The van der Waals surface area contributed by atoms with Gasteiger partial charge in [0.1, 0.15) is 12.1 Å². The van der Waals surface area contributed by atoms with Crippen LogP contribution in [0.15, 0.2) is 97.2 Å². The molecule has 3 N–H and O–H groups in total. The number of hydrogen-bond donors (Lipinski definition) is 3. The fraction of sp³-hybridized carbons (Fsp3) is 0.107. The van der Waals surface area contributed by atoms with Crippen molar-refractivity contribution >= 4 is 17.8 Å². The lowest BCUT2D eigenvalue weighted by Gasteiger charge is -2.21. The van der Waals surface area contributed by atoms with Crippen LogP contribution < -0.4 is 5.32 Å². The van der Waals surface area contributed by atoms with Crippen LogP contribution in [0.2, 0.25) is 0 Å². The van der Waals surface area contributed by atoms with Crippen molar-refractivity contribution in [1.29, 1.82) is 0 Å². The zero-order valence-corrected chi connectivity index (χ0v) is 19.7. The Morgan fingerprint density at radius 3 is 1.89 bits per heavy atom. The van der Waals surface area contributed by atoms with Crippen molar-refractivity contribution in [2.24, 2.45) is 0 Å². The number of nitrogens with one attached hydrogen (secondary N) is 1. The number of rotatable bonds is 9. The second kappa shape index (κ2) is 11.6. The third kappa shape index (κ3) is 6.34. The highest BCUT2D eigenvalue weighted by molar-refractivity contribution is 5.98. The predicted molar refractivity (Wildman–Crippen MR) is 135 cm³/mol. The summed E-state index contributed by atoms with van der Waals surface area (Å²) in [5.41, 5.74) is 2.16. The van der Waals surface area contributed by atoms with Crippen molar-refractivity contribution < 1.29 is 24.6 Å². The van der Waals surface area contributed by atoms with E-state index in [1.807, 2.05) is 60.7 Å². The lowest BCUT2D eigenvalue weighted by molar-refractivity contribution is -0.137. The first-order valence-electron chi connectivity index (χ1n) is 11.4. The quantitative estimate of drug-likeness (QED) is 0.323. The molecule has 0 aliphatic rings. The Bertz CT molecular complexity index is 1340. The Kier molecular flexibility index (Phi) is 7.85. The van der Waals surface area contributed by atoms with Gasteiger partial charge in [0.15, 0.2) is 0 Å². The summed E-state index contributed by atoms with van der Waals surface area (Å²) in [6.07, 6.45) is 1.05. The van der Waals surface area contributed by atoms with Gasteiger partial charge in [-0.1, -0.05) is 91.0 Å². The smallest absolute Gasteiger partial charge is 0.323 e. The summed E-state index contributed by atoms with van der Waals surface area (Å²) in [6.45, 7) is -0.579. The summed E-state index contributed by atoms with van der Waals surface area (Å²) in [5, 5.41) is 22.7. The minimum Gasteiger partial charge on any atom is -0.493 e. The number of aromatic hydroxyl groups is 1. The van der Waals surface area contributed by atoms with E-state index in [4.69, 9.17) is 0 Å². The molecule has 0 aliphatic carbocycles. The monoisotopic (exact) mass is 496 g/mol. The van der Waals surface area contributed by atoms with E-state index in [0.29, 0.717) is 5.56 Å². The van der Waals surface area contributed by atoms with Crippen molar-refractivity contribution in [1.82, 2.24) is 20.2 Å². The molecule has 2 amide bonds. The van der Waals surface area contributed by atoms with Gasteiger partial charge in [-0.15, -0.1) is 0 Å². The molecule has 0 saturated carbocycles. The van der Waals surface area contributed by atoms with Crippen molar-refractivity contribution in [3.63, 3.8) is 0 Å². The minimum absolute atomic E-state index is 0.00810. The Morgan fingerprint density at radius 2 is 1.38 bits per heavy atom. The predicted octanol–water partition coefficient (Wildman–Crippen LogP) is 3.43. The molecule has 0 aliphatic heterocycles. The van der Waals surface area contributed by atoms with Crippen LogP contribution in [0, 0.1) is 0 Å². The first-order valence-corrected chi connectivity index (χ1v) is 11.4. The normalized spacial score (nSPS) is 10.6. The SMILES string of the molecule is O=C(O)CN(Cc1ccccc1)C(=O)c1ncc(C(=O)NC(c2ccccc2)c2ccccc2)c(O)n1. The van der Waals surface area contributed by atoms with Crippen LogP contribution in [0.4, 0.5) is 0 Å². The van der Waals surface area contributed by atoms with Gasteiger partial charge in [-0.25, -0.2) is 4.98 Å². The second-order valence-corrected chi connectivity index (χ2v) is 8.20. The highest BCUT2D eigenvalue weighted by Crippen LogP contribution is 2.23. The van der Waals surface area contributed by atoms with Crippen LogP contribution in [0.3, 0.4) is 0 Å². The van der Waals surface area contributed by atoms with Crippen molar-refractivity contribution in [3.05, 3.63) is 125 Å². The summed E-state index contributed by atoms with van der Waals surface area (Å²) >= 11 is 0. The Balaban J connectivity index is 1.56. The molecule has 0 spiro atoms. The summed E-state index contributed by atoms with van der Waals surface area (Å²) in [6, 6.07) is 27.0. The van der Waals surface area contributed by atoms with Gasteiger partial charge in [-0.05, 0) is 16.7 Å². The molecule has 0 unspecified atom stereocenters. The number of benzene rings is 3. The lowest BCUT2D eigenvalue weighted by atomic mass is 9.98. The number of aliphatic carboxylic acids is 1. The standard InChI is InChI=1S/C28H24N4O5/c33-23(34)18-32(17-19-10-4-1-5-11-19)28(37)25-29-16-22(27(36)31-25)26(35)30-24(20-12-6-2-7-13-20)21-14-8-3-9-15-21/h1-16,24H,17-18H2,(H,30,35)(H,33,34)(H,29,31,36). The number of hydrogen-bond acceptors (Lipinski definition) is 6. The zero-order valence-electron chi connectivity index (χ0n) is 19.7. The van der Waals surface area contributed by atoms with Gasteiger partial charge in [0.25, 0.3) is 11.8 Å². The van der Waals surface area contributed by atoms with Gasteiger partial charge in [0.2, 0.25) is 11.7 Å². The topological polar surface area (TPSA) is 133 Å². The van der Waals surface area contributed by atoms with E-state index in [2.05, 4.69) is 15.3 Å². The van der Waals surface area contributed by atoms with Gasteiger partial charge < -0.3 is 20.4 Å². The highest BCUT2D eigenvalue weighted by atomic mass is 16.4. The largest absolute Gasteiger partial charge is 0.493 e. The van der Waals surface area contributed by atoms with E-state index in [1.165, 1.54) is 0 Å². The van der Waals surface area contributed by atoms with Crippen molar-refractivity contribution in [2.45, 2.75) is 12.6 Å². The molecular formula is C28H24N4O5.